The third-order valence-electron chi connectivity index (χ3n) is 6.25. The Morgan fingerprint density at radius 3 is 2.24 bits per heavy atom. The summed E-state index contributed by atoms with van der Waals surface area (Å²) < 4.78 is 130. The Morgan fingerprint density at radius 2 is 1.70 bits per heavy atom. The zero-order valence-corrected chi connectivity index (χ0v) is 21.2. The van der Waals surface area contributed by atoms with Gasteiger partial charge in [-0.1, -0.05) is 57.5 Å². The fraction of sp³-hybridized carbons (Fsp3) is 0.462. The number of fused-ring (bicyclic) bond motifs is 1. The molecule has 1 N–H and O–H groups in total. The maximum Gasteiger partial charge on any atom is 0.417 e. The Hall–Kier alpha value is -2.53. The van der Waals surface area contributed by atoms with E-state index in [0.717, 1.165) is 16.8 Å². The quantitative estimate of drug-likeness (QED) is 0.326. The summed E-state index contributed by atoms with van der Waals surface area (Å²) >= 11 is 0. The predicted molar refractivity (Wildman–Crippen MR) is 130 cm³/mol. The highest BCUT2D eigenvalue weighted by Gasteiger charge is 2.46. The van der Waals surface area contributed by atoms with E-state index in [1.165, 1.54) is 57.2 Å². The lowest BCUT2D eigenvalue weighted by molar-refractivity contribution is -0.152. The highest BCUT2D eigenvalue weighted by Crippen LogP contribution is 2.42. The average molecular weight is 549 g/mol. The number of halogens is 6. The standard InChI is InChI=1S/C26H28F6N2O2S/c1-24(2,3)15-34-14-20(23(26(30,31)32)33-37(35,36)17-7-6-8-17)19-12-11-16(13-22(19)34)18-9-4-5-10-21(18)25(27,28)29/h4-5,9-14,17,23,33H,6-8,15H2,1-3H3/i15D2. The Morgan fingerprint density at radius 1 is 1.05 bits per heavy atom. The van der Waals surface area contributed by atoms with Crippen LogP contribution in [0.1, 0.15) is 59.9 Å². The smallest absolute Gasteiger partial charge is 0.347 e. The van der Waals surface area contributed by atoms with Crippen LogP contribution < -0.4 is 4.72 Å². The molecule has 1 saturated carbocycles. The van der Waals surface area contributed by atoms with Gasteiger partial charge in [0.15, 0.2) is 0 Å². The first-order chi connectivity index (χ1) is 17.7. The van der Waals surface area contributed by atoms with Crippen molar-refractivity contribution >= 4 is 20.9 Å². The van der Waals surface area contributed by atoms with Crippen LogP contribution in [-0.2, 0) is 22.7 Å². The highest BCUT2D eigenvalue weighted by atomic mass is 32.2. The van der Waals surface area contributed by atoms with E-state index in [1.54, 1.807) is 4.72 Å². The van der Waals surface area contributed by atoms with Crippen LogP contribution in [0.25, 0.3) is 22.0 Å². The van der Waals surface area contributed by atoms with E-state index in [1.807, 2.05) is 0 Å². The third-order valence-corrected chi connectivity index (χ3v) is 8.16. The van der Waals surface area contributed by atoms with Crippen molar-refractivity contribution < 1.29 is 37.5 Å². The van der Waals surface area contributed by atoms with Gasteiger partial charge in [-0.15, -0.1) is 0 Å². The summed E-state index contributed by atoms with van der Waals surface area (Å²) in [6.07, 6.45) is -7.83. The van der Waals surface area contributed by atoms with Crippen molar-refractivity contribution in [2.45, 2.75) is 70.2 Å². The van der Waals surface area contributed by atoms with Gasteiger partial charge in [0.05, 0.1) is 13.6 Å². The van der Waals surface area contributed by atoms with E-state index >= 15 is 0 Å². The molecule has 0 bridgehead atoms. The lowest BCUT2D eigenvalue weighted by Crippen LogP contribution is -2.44. The van der Waals surface area contributed by atoms with Crippen LogP contribution >= 0.6 is 0 Å². The summed E-state index contributed by atoms with van der Waals surface area (Å²) in [6.45, 7) is 2.28. The van der Waals surface area contributed by atoms with Crippen molar-refractivity contribution in [3.63, 3.8) is 0 Å². The van der Waals surface area contributed by atoms with Crippen molar-refractivity contribution in [3.05, 3.63) is 59.8 Å². The van der Waals surface area contributed by atoms with Crippen LogP contribution in [0.4, 0.5) is 26.3 Å². The molecule has 1 fully saturated rings. The largest absolute Gasteiger partial charge is 0.417 e. The molecular weight excluding hydrogens is 518 g/mol. The Kier molecular flexibility index (Phi) is 6.26. The molecule has 2 aromatic carbocycles. The molecule has 0 amide bonds. The SMILES string of the molecule is [2H]C([2H])(n1cc(C(NS(=O)(=O)C2CCC2)C(F)(F)F)c2ccc(-c3ccccc3C(F)(F)F)cc21)C(C)(C)C. The molecule has 0 radical (unpaired) electrons. The normalized spacial score (nSPS) is 17.9. The molecule has 1 unspecified atom stereocenters. The van der Waals surface area contributed by atoms with Gasteiger partial charge in [0, 0.05) is 29.2 Å². The van der Waals surface area contributed by atoms with E-state index in [4.69, 9.17) is 2.74 Å². The molecule has 202 valence electrons. The Labute approximate surface area is 214 Å². The fourth-order valence-electron chi connectivity index (χ4n) is 4.33. The monoisotopic (exact) mass is 548 g/mol. The van der Waals surface area contributed by atoms with Crippen molar-refractivity contribution in [2.24, 2.45) is 5.41 Å². The molecule has 1 aromatic heterocycles. The molecule has 0 spiro atoms. The van der Waals surface area contributed by atoms with Gasteiger partial charge in [0.2, 0.25) is 10.0 Å². The zero-order valence-electron chi connectivity index (χ0n) is 22.3. The number of aromatic nitrogens is 1. The Balaban J connectivity index is 1.99. The maximum absolute atomic E-state index is 14.4. The molecule has 37 heavy (non-hydrogen) atoms. The fourth-order valence-corrected chi connectivity index (χ4v) is 6.07. The van der Waals surface area contributed by atoms with Crippen molar-refractivity contribution in [2.75, 3.05) is 0 Å². The van der Waals surface area contributed by atoms with Gasteiger partial charge < -0.3 is 4.57 Å². The molecular formula is C26H28F6N2O2S. The van der Waals surface area contributed by atoms with E-state index in [2.05, 4.69) is 0 Å². The minimum absolute atomic E-state index is 0.0182. The molecule has 1 aliphatic carbocycles. The maximum atomic E-state index is 14.4. The second kappa shape index (κ2) is 9.34. The Bertz CT molecular complexity index is 1490. The number of hydrogen-bond acceptors (Lipinski definition) is 2. The van der Waals surface area contributed by atoms with Gasteiger partial charge in [0.25, 0.3) is 0 Å². The van der Waals surface area contributed by atoms with Crippen molar-refractivity contribution in [1.29, 1.82) is 0 Å². The minimum atomic E-state index is -5.08. The summed E-state index contributed by atoms with van der Waals surface area (Å²) in [7, 11) is -4.35. The lowest BCUT2D eigenvalue weighted by Gasteiger charge is -2.29. The van der Waals surface area contributed by atoms with E-state index in [-0.39, 0.29) is 34.9 Å². The molecule has 4 nitrogen and oxygen atoms in total. The van der Waals surface area contributed by atoms with Crippen LogP contribution in [0.15, 0.2) is 48.7 Å². The number of nitrogens with zero attached hydrogens (tertiary/aromatic N) is 1. The summed E-state index contributed by atoms with van der Waals surface area (Å²) in [4.78, 5) is 0. The lowest BCUT2D eigenvalue weighted by atomic mass is 9.96. The van der Waals surface area contributed by atoms with E-state index in [9.17, 15) is 34.8 Å². The second-order valence-electron chi connectivity index (χ2n) is 10.3. The predicted octanol–water partition coefficient (Wildman–Crippen LogP) is 7.45. The third kappa shape index (κ3) is 5.82. The van der Waals surface area contributed by atoms with Crippen LogP contribution in [-0.4, -0.2) is 24.4 Å². The number of sulfonamides is 1. The molecule has 3 aromatic rings. The number of nitrogens with one attached hydrogen (secondary N) is 1. The molecule has 4 rings (SSSR count). The van der Waals surface area contributed by atoms with Gasteiger partial charge >= 0.3 is 12.4 Å². The highest BCUT2D eigenvalue weighted by molar-refractivity contribution is 7.90. The van der Waals surface area contributed by atoms with Gasteiger partial charge in [-0.25, -0.2) is 8.42 Å². The van der Waals surface area contributed by atoms with Gasteiger partial charge in [-0.3, -0.25) is 0 Å². The zero-order chi connectivity index (χ0) is 29.2. The van der Waals surface area contributed by atoms with Crippen LogP contribution in [0.2, 0.25) is 0 Å². The van der Waals surface area contributed by atoms with E-state index < -0.39 is 56.7 Å². The summed E-state index contributed by atoms with van der Waals surface area (Å²) in [5.41, 5.74) is -2.96. The number of alkyl halides is 6. The number of rotatable bonds is 6. The average Bonchev–Trinajstić information content (AvgIpc) is 3.13. The van der Waals surface area contributed by atoms with E-state index in [0.29, 0.717) is 6.42 Å². The van der Waals surface area contributed by atoms with Crippen LogP contribution in [0.5, 0.6) is 0 Å². The topological polar surface area (TPSA) is 51.1 Å². The molecule has 1 heterocycles. The van der Waals surface area contributed by atoms with Crippen LogP contribution in [0.3, 0.4) is 0 Å². The summed E-state index contributed by atoms with van der Waals surface area (Å²) in [6, 6.07) is 5.64. The van der Waals surface area contributed by atoms with Crippen molar-refractivity contribution in [1.82, 2.24) is 9.29 Å². The second-order valence-corrected chi connectivity index (χ2v) is 12.3. The first-order valence-electron chi connectivity index (χ1n) is 12.6. The number of hydrogen-bond donors (Lipinski definition) is 1. The summed E-state index contributed by atoms with van der Waals surface area (Å²) in [5.74, 6) is 0. The van der Waals surface area contributed by atoms with Gasteiger partial charge in [0.1, 0.15) is 6.04 Å². The molecule has 11 heteroatoms. The van der Waals surface area contributed by atoms with Gasteiger partial charge in [-0.05, 0) is 41.5 Å². The molecule has 1 atom stereocenters. The minimum Gasteiger partial charge on any atom is -0.347 e. The van der Waals surface area contributed by atoms with Gasteiger partial charge in [-0.2, -0.15) is 31.1 Å². The molecule has 1 aliphatic rings. The molecule has 0 aliphatic heterocycles. The van der Waals surface area contributed by atoms with Crippen molar-refractivity contribution in [3.8, 4) is 11.1 Å². The summed E-state index contributed by atoms with van der Waals surface area (Å²) in [5, 5.41) is -1.09. The first kappa shape index (κ1) is 24.8. The molecule has 0 saturated heterocycles. The van der Waals surface area contributed by atoms with Crippen LogP contribution in [0, 0.1) is 5.41 Å². The number of benzene rings is 2. The first-order valence-corrected chi connectivity index (χ1v) is 13.2.